The predicted molar refractivity (Wildman–Crippen MR) is 73.4 cm³/mol. The molecule has 0 radical (unpaired) electrons. The Labute approximate surface area is 108 Å². The molecule has 2 aromatic rings. The summed E-state index contributed by atoms with van der Waals surface area (Å²) < 4.78 is 0. The van der Waals surface area contributed by atoms with Gasteiger partial charge in [0.25, 0.3) is 0 Å². The van der Waals surface area contributed by atoms with Crippen molar-refractivity contribution in [2.24, 2.45) is 0 Å². The van der Waals surface area contributed by atoms with E-state index in [4.69, 9.17) is 0 Å². The molecule has 18 heavy (non-hydrogen) atoms. The van der Waals surface area contributed by atoms with Crippen LogP contribution in [0.15, 0.2) is 48.7 Å². The minimum absolute atomic E-state index is 0.619. The molecule has 1 aromatic carbocycles. The zero-order chi connectivity index (χ0) is 12.4. The van der Waals surface area contributed by atoms with Gasteiger partial charge in [-0.3, -0.25) is 4.98 Å². The van der Waals surface area contributed by atoms with Gasteiger partial charge in [0.15, 0.2) is 0 Å². The molecule has 0 amide bonds. The van der Waals surface area contributed by atoms with Gasteiger partial charge in [-0.1, -0.05) is 36.4 Å². The number of rotatable bonds is 4. The Morgan fingerprint density at radius 3 is 2.78 bits per heavy atom. The molecule has 2 atom stereocenters. The second-order valence-electron chi connectivity index (χ2n) is 5.01. The topological polar surface area (TPSA) is 24.9 Å². The van der Waals surface area contributed by atoms with Crippen LogP contribution in [0.2, 0.25) is 0 Å². The molecule has 0 saturated heterocycles. The van der Waals surface area contributed by atoms with Gasteiger partial charge in [0, 0.05) is 24.7 Å². The van der Waals surface area contributed by atoms with Crippen LogP contribution >= 0.6 is 0 Å². The molecule has 1 saturated carbocycles. The minimum atomic E-state index is 0.619. The van der Waals surface area contributed by atoms with Gasteiger partial charge in [-0.05, 0) is 30.5 Å². The zero-order valence-electron chi connectivity index (χ0n) is 10.6. The highest BCUT2D eigenvalue weighted by atomic mass is 15.0. The van der Waals surface area contributed by atoms with Crippen LogP contribution in [0.5, 0.6) is 0 Å². The Balaban J connectivity index is 1.56. The fourth-order valence-corrected chi connectivity index (χ4v) is 2.42. The van der Waals surface area contributed by atoms with E-state index in [1.165, 1.54) is 17.5 Å². The summed E-state index contributed by atoms with van der Waals surface area (Å²) in [5.41, 5.74) is 3.88. The van der Waals surface area contributed by atoms with Crippen LogP contribution in [0.1, 0.15) is 29.2 Å². The number of aromatic nitrogens is 1. The van der Waals surface area contributed by atoms with Crippen LogP contribution in [0.3, 0.4) is 0 Å². The number of hydrogen-bond acceptors (Lipinski definition) is 2. The van der Waals surface area contributed by atoms with E-state index in [1.807, 2.05) is 12.3 Å². The Kier molecular flexibility index (Phi) is 3.11. The highest BCUT2D eigenvalue weighted by Crippen LogP contribution is 2.40. The molecule has 1 heterocycles. The lowest BCUT2D eigenvalue weighted by atomic mass is 10.1. The average molecular weight is 238 g/mol. The highest BCUT2D eigenvalue weighted by Gasteiger charge is 2.37. The van der Waals surface area contributed by atoms with Crippen molar-refractivity contribution in [3.8, 4) is 0 Å². The van der Waals surface area contributed by atoms with Crippen LogP contribution < -0.4 is 5.32 Å². The third-order valence-corrected chi connectivity index (χ3v) is 3.67. The van der Waals surface area contributed by atoms with Crippen molar-refractivity contribution in [3.63, 3.8) is 0 Å². The largest absolute Gasteiger partial charge is 0.308 e. The molecule has 3 rings (SSSR count). The molecule has 1 N–H and O–H groups in total. The van der Waals surface area contributed by atoms with Crippen molar-refractivity contribution in [3.05, 3.63) is 65.5 Å². The van der Waals surface area contributed by atoms with E-state index in [1.54, 1.807) is 0 Å². The molecule has 0 spiro atoms. The fraction of sp³-hybridized carbons (Fsp3) is 0.312. The summed E-state index contributed by atoms with van der Waals surface area (Å²) in [6.07, 6.45) is 3.11. The molecule has 1 aliphatic rings. The van der Waals surface area contributed by atoms with Gasteiger partial charge in [-0.2, -0.15) is 0 Å². The zero-order valence-corrected chi connectivity index (χ0v) is 10.6. The van der Waals surface area contributed by atoms with Crippen molar-refractivity contribution in [2.75, 3.05) is 0 Å². The maximum Gasteiger partial charge on any atom is 0.0570 e. The lowest BCUT2D eigenvalue weighted by Gasteiger charge is -2.06. The number of nitrogens with one attached hydrogen (secondary N) is 1. The third kappa shape index (κ3) is 2.44. The number of benzene rings is 1. The average Bonchev–Trinajstić information content (AvgIpc) is 3.18. The monoisotopic (exact) mass is 238 g/mol. The maximum absolute atomic E-state index is 4.41. The molecule has 1 fully saturated rings. The fourth-order valence-electron chi connectivity index (χ4n) is 2.42. The molecule has 1 aliphatic carbocycles. The summed E-state index contributed by atoms with van der Waals surface area (Å²) in [5, 5.41) is 3.60. The van der Waals surface area contributed by atoms with Gasteiger partial charge in [0.1, 0.15) is 0 Å². The third-order valence-electron chi connectivity index (χ3n) is 3.67. The Hall–Kier alpha value is -1.67. The van der Waals surface area contributed by atoms with Crippen LogP contribution in [-0.4, -0.2) is 11.0 Å². The van der Waals surface area contributed by atoms with Gasteiger partial charge in [0.05, 0.1) is 5.69 Å². The van der Waals surface area contributed by atoms with Crippen molar-refractivity contribution in [1.29, 1.82) is 0 Å². The number of pyridine rings is 1. The molecule has 1 aromatic heterocycles. The maximum atomic E-state index is 4.41. The molecular formula is C16H18N2. The molecule has 0 unspecified atom stereocenters. The van der Waals surface area contributed by atoms with E-state index < -0.39 is 0 Å². The van der Waals surface area contributed by atoms with Crippen molar-refractivity contribution in [1.82, 2.24) is 10.3 Å². The van der Waals surface area contributed by atoms with E-state index in [0.29, 0.717) is 12.0 Å². The first-order valence-corrected chi connectivity index (χ1v) is 6.53. The van der Waals surface area contributed by atoms with E-state index in [0.717, 1.165) is 12.2 Å². The molecular weight excluding hydrogens is 220 g/mol. The standard InChI is InChI=1S/C16H18N2/c1-12-6-5-9-17-16(12)11-18-15-10-14(15)13-7-3-2-4-8-13/h2-9,14-15,18H,10-11H2,1H3/t14-,15+/m0/s1. The first-order chi connectivity index (χ1) is 8.84. The summed E-state index contributed by atoms with van der Waals surface area (Å²) >= 11 is 0. The quantitative estimate of drug-likeness (QED) is 0.885. The van der Waals surface area contributed by atoms with Gasteiger partial charge < -0.3 is 5.32 Å². The Bertz CT molecular complexity index is 522. The van der Waals surface area contributed by atoms with Crippen LogP contribution in [-0.2, 0) is 6.54 Å². The normalized spacial score (nSPS) is 21.8. The van der Waals surface area contributed by atoms with Crippen LogP contribution in [0.25, 0.3) is 0 Å². The van der Waals surface area contributed by atoms with Gasteiger partial charge >= 0.3 is 0 Å². The SMILES string of the molecule is Cc1cccnc1CN[C@@H]1C[C@H]1c1ccccc1. The number of aryl methyl sites for hydroxylation is 1. The van der Waals surface area contributed by atoms with E-state index in [-0.39, 0.29) is 0 Å². The summed E-state index contributed by atoms with van der Waals surface area (Å²) in [5.74, 6) is 0.690. The number of hydrogen-bond donors (Lipinski definition) is 1. The van der Waals surface area contributed by atoms with Gasteiger partial charge in [-0.25, -0.2) is 0 Å². The van der Waals surface area contributed by atoms with Gasteiger partial charge in [0.2, 0.25) is 0 Å². The highest BCUT2D eigenvalue weighted by molar-refractivity contribution is 5.28. The molecule has 0 bridgehead atoms. The van der Waals surface area contributed by atoms with Crippen LogP contribution in [0, 0.1) is 6.92 Å². The van der Waals surface area contributed by atoms with E-state index in [9.17, 15) is 0 Å². The molecule has 2 heteroatoms. The predicted octanol–water partition coefficient (Wildman–Crippen LogP) is 3.04. The second kappa shape index (κ2) is 4.91. The van der Waals surface area contributed by atoms with E-state index >= 15 is 0 Å². The minimum Gasteiger partial charge on any atom is -0.308 e. The molecule has 92 valence electrons. The summed E-state index contributed by atoms with van der Waals surface area (Å²) in [6, 6.07) is 15.5. The molecule has 0 aliphatic heterocycles. The second-order valence-corrected chi connectivity index (χ2v) is 5.01. The first-order valence-electron chi connectivity index (χ1n) is 6.53. The lowest BCUT2D eigenvalue weighted by Crippen LogP contribution is -2.18. The van der Waals surface area contributed by atoms with Crippen molar-refractivity contribution < 1.29 is 0 Å². The molecule has 2 nitrogen and oxygen atoms in total. The van der Waals surface area contributed by atoms with E-state index in [2.05, 4.69) is 53.6 Å². The van der Waals surface area contributed by atoms with Gasteiger partial charge in [-0.15, -0.1) is 0 Å². The van der Waals surface area contributed by atoms with Crippen LogP contribution in [0.4, 0.5) is 0 Å². The summed E-state index contributed by atoms with van der Waals surface area (Å²) in [4.78, 5) is 4.41. The Morgan fingerprint density at radius 2 is 2.00 bits per heavy atom. The smallest absolute Gasteiger partial charge is 0.0570 e. The lowest BCUT2D eigenvalue weighted by molar-refractivity contribution is 0.658. The Morgan fingerprint density at radius 1 is 1.17 bits per heavy atom. The summed E-state index contributed by atoms with van der Waals surface area (Å²) in [6.45, 7) is 2.99. The number of nitrogens with zero attached hydrogens (tertiary/aromatic N) is 1. The first kappa shape index (κ1) is 11.4. The van der Waals surface area contributed by atoms with Crippen molar-refractivity contribution in [2.45, 2.75) is 31.8 Å². The summed E-state index contributed by atoms with van der Waals surface area (Å²) in [7, 11) is 0. The van der Waals surface area contributed by atoms with Crippen molar-refractivity contribution >= 4 is 0 Å².